The first kappa shape index (κ1) is 20.0. The lowest BCUT2D eigenvalue weighted by atomic mass is 10.1. The van der Waals surface area contributed by atoms with Crippen molar-refractivity contribution in [2.24, 2.45) is 0 Å². The quantitative estimate of drug-likeness (QED) is 0.805. The summed E-state index contributed by atoms with van der Waals surface area (Å²) >= 11 is 1.66. The number of hydrogen-bond acceptors (Lipinski definition) is 4. The summed E-state index contributed by atoms with van der Waals surface area (Å²) in [5, 5.41) is 2.68. The fraction of sp³-hybridized carbons (Fsp3) is 0.450. The molecule has 0 spiro atoms. The van der Waals surface area contributed by atoms with Crippen molar-refractivity contribution in [2.45, 2.75) is 57.4 Å². The molecule has 2 heterocycles. The van der Waals surface area contributed by atoms with Crippen molar-refractivity contribution >= 4 is 33.0 Å². The van der Waals surface area contributed by atoms with Gasteiger partial charge in [-0.3, -0.25) is 4.79 Å². The van der Waals surface area contributed by atoms with Crippen LogP contribution in [0, 0.1) is 13.8 Å². The zero-order valence-electron chi connectivity index (χ0n) is 16.0. The SMILES string of the molecule is CC(=O)Nc1ccc(C)cc1S(=O)(=O)N1CCCCC[C@H]1c1ccc(C)s1. The van der Waals surface area contributed by atoms with Crippen LogP contribution in [0.3, 0.4) is 0 Å². The van der Waals surface area contributed by atoms with Gasteiger partial charge in [-0.1, -0.05) is 18.9 Å². The summed E-state index contributed by atoms with van der Waals surface area (Å²) in [5.41, 5.74) is 1.19. The minimum atomic E-state index is -3.75. The van der Waals surface area contributed by atoms with Gasteiger partial charge in [0.1, 0.15) is 4.90 Å². The summed E-state index contributed by atoms with van der Waals surface area (Å²) < 4.78 is 29.0. The van der Waals surface area contributed by atoms with Gasteiger partial charge in [-0.15, -0.1) is 11.3 Å². The third-order valence-electron chi connectivity index (χ3n) is 4.83. The molecule has 0 aliphatic carbocycles. The van der Waals surface area contributed by atoms with Crippen molar-refractivity contribution in [1.82, 2.24) is 4.31 Å². The molecular formula is C20H26N2O3S2. The molecule has 146 valence electrons. The Bertz CT molecular complexity index is 934. The molecule has 27 heavy (non-hydrogen) atoms. The molecule has 1 aliphatic heterocycles. The summed E-state index contributed by atoms with van der Waals surface area (Å²) in [7, 11) is -3.75. The monoisotopic (exact) mass is 406 g/mol. The maximum Gasteiger partial charge on any atom is 0.245 e. The first-order valence-electron chi connectivity index (χ1n) is 9.25. The Hall–Kier alpha value is -1.70. The van der Waals surface area contributed by atoms with Crippen LogP contribution in [0.4, 0.5) is 5.69 Å². The number of rotatable bonds is 4. The predicted octanol–water partition coefficient (Wildman–Crippen LogP) is 4.63. The Morgan fingerprint density at radius 1 is 1.15 bits per heavy atom. The number of amides is 1. The van der Waals surface area contributed by atoms with Crippen LogP contribution >= 0.6 is 11.3 Å². The van der Waals surface area contributed by atoms with Crippen molar-refractivity contribution in [3.63, 3.8) is 0 Å². The van der Waals surface area contributed by atoms with Gasteiger partial charge in [-0.25, -0.2) is 8.42 Å². The Morgan fingerprint density at radius 3 is 2.59 bits per heavy atom. The highest BCUT2D eigenvalue weighted by atomic mass is 32.2. The molecule has 0 unspecified atom stereocenters. The highest BCUT2D eigenvalue weighted by molar-refractivity contribution is 7.89. The second-order valence-corrected chi connectivity index (χ2v) is 10.3. The fourth-order valence-electron chi connectivity index (χ4n) is 3.55. The zero-order valence-corrected chi connectivity index (χ0v) is 17.6. The molecule has 1 aromatic carbocycles. The van der Waals surface area contributed by atoms with Gasteiger partial charge in [-0.2, -0.15) is 4.31 Å². The average Bonchev–Trinajstić information content (AvgIpc) is 2.88. The van der Waals surface area contributed by atoms with Gasteiger partial charge in [0.05, 0.1) is 11.7 Å². The lowest BCUT2D eigenvalue weighted by molar-refractivity contribution is -0.114. The number of aryl methyl sites for hydroxylation is 2. The number of anilines is 1. The summed E-state index contributed by atoms with van der Waals surface area (Å²) in [6, 6.07) is 9.08. The lowest BCUT2D eigenvalue weighted by Gasteiger charge is -2.29. The molecule has 1 saturated heterocycles. The van der Waals surface area contributed by atoms with Crippen molar-refractivity contribution in [2.75, 3.05) is 11.9 Å². The van der Waals surface area contributed by atoms with Gasteiger partial charge in [0, 0.05) is 23.2 Å². The van der Waals surface area contributed by atoms with E-state index in [0.717, 1.165) is 36.1 Å². The van der Waals surface area contributed by atoms with E-state index >= 15 is 0 Å². The normalized spacial score (nSPS) is 18.9. The molecule has 7 heteroatoms. The molecule has 1 N–H and O–H groups in total. The summed E-state index contributed by atoms with van der Waals surface area (Å²) in [5.74, 6) is -0.281. The van der Waals surface area contributed by atoms with Gasteiger partial charge < -0.3 is 5.32 Å². The standard InChI is InChI=1S/C20H26N2O3S2/c1-14-8-10-17(21-16(3)23)20(13-14)27(24,25)22-12-6-4-5-7-18(22)19-11-9-15(2)26-19/h8-11,13,18H,4-7,12H2,1-3H3,(H,21,23)/t18-/m0/s1. The van der Waals surface area contributed by atoms with Gasteiger partial charge >= 0.3 is 0 Å². The van der Waals surface area contributed by atoms with E-state index in [0.29, 0.717) is 12.2 Å². The molecule has 0 radical (unpaired) electrons. The number of carbonyl (C=O) groups is 1. The number of carbonyl (C=O) groups excluding carboxylic acids is 1. The molecule has 1 fully saturated rings. The first-order valence-corrected chi connectivity index (χ1v) is 11.5. The van der Waals surface area contributed by atoms with Gasteiger partial charge in [0.25, 0.3) is 0 Å². The minimum Gasteiger partial charge on any atom is -0.325 e. The van der Waals surface area contributed by atoms with E-state index in [-0.39, 0.29) is 16.8 Å². The van der Waals surface area contributed by atoms with Crippen LogP contribution in [0.15, 0.2) is 35.2 Å². The highest BCUT2D eigenvalue weighted by Gasteiger charge is 2.35. The topological polar surface area (TPSA) is 66.5 Å². The maximum absolute atomic E-state index is 13.7. The number of sulfonamides is 1. The van der Waals surface area contributed by atoms with Crippen LogP contribution in [0.25, 0.3) is 0 Å². The van der Waals surface area contributed by atoms with E-state index in [1.807, 2.05) is 32.0 Å². The number of thiophene rings is 1. The number of hydrogen-bond donors (Lipinski definition) is 1. The molecule has 0 bridgehead atoms. The molecule has 0 saturated carbocycles. The largest absolute Gasteiger partial charge is 0.325 e. The minimum absolute atomic E-state index is 0.151. The van der Waals surface area contributed by atoms with Gasteiger partial charge in [0.2, 0.25) is 15.9 Å². The molecule has 1 aromatic heterocycles. The van der Waals surface area contributed by atoms with Crippen LogP contribution in [0.2, 0.25) is 0 Å². The van der Waals surface area contributed by atoms with E-state index in [2.05, 4.69) is 5.32 Å². The molecule has 1 aliphatic rings. The van der Waals surface area contributed by atoms with Gasteiger partial charge in [0.15, 0.2) is 0 Å². The van der Waals surface area contributed by atoms with Crippen molar-refractivity contribution in [1.29, 1.82) is 0 Å². The van der Waals surface area contributed by atoms with E-state index in [4.69, 9.17) is 0 Å². The van der Waals surface area contributed by atoms with Crippen LogP contribution in [0.1, 0.15) is 54.0 Å². The van der Waals surface area contributed by atoms with E-state index in [1.54, 1.807) is 27.8 Å². The van der Waals surface area contributed by atoms with Crippen LogP contribution in [-0.4, -0.2) is 25.2 Å². The average molecular weight is 407 g/mol. The first-order chi connectivity index (χ1) is 12.8. The van der Waals surface area contributed by atoms with E-state index in [1.165, 1.54) is 11.8 Å². The molecule has 1 atom stereocenters. The summed E-state index contributed by atoms with van der Waals surface area (Å²) in [6.07, 6.45) is 3.71. The Kier molecular flexibility index (Phi) is 6.03. The van der Waals surface area contributed by atoms with Gasteiger partial charge in [-0.05, 0) is 56.5 Å². The smallest absolute Gasteiger partial charge is 0.245 e. The molecular weight excluding hydrogens is 380 g/mol. The highest BCUT2D eigenvalue weighted by Crippen LogP contribution is 2.39. The second kappa shape index (κ2) is 8.12. The second-order valence-electron chi connectivity index (χ2n) is 7.11. The van der Waals surface area contributed by atoms with Crippen LogP contribution in [-0.2, 0) is 14.8 Å². The molecule has 5 nitrogen and oxygen atoms in total. The Morgan fingerprint density at radius 2 is 1.93 bits per heavy atom. The van der Waals surface area contributed by atoms with E-state index in [9.17, 15) is 13.2 Å². The third kappa shape index (κ3) is 4.42. The lowest BCUT2D eigenvalue weighted by Crippen LogP contribution is -2.35. The number of benzene rings is 1. The predicted molar refractivity (Wildman–Crippen MR) is 110 cm³/mol. The summed E-state index contributed by atoms with van der Waals surface area (Å²) in [4.78, 5) is 14.0. The van der Waals surface area contributed by atoms with Crippen LogP contribution in [0.5, 0.6) is 0 Å². The molecule has 1 amide bonds. The van der Waals surface area contributed by atoms with Crippen molar-refractivity contribution < 1.29 is 13.2 Å². The zero-order chi connectivity index (χ0) is 19.6. The number of nitrogens with zero attached hydrogens (tertiary/aromatic N) is 1. The number of nitrogens with one attached hydrogen (secondary N) is 1. The summed E-state index contributed by atoms with van der Waals surface area (Å²) in [6.45, 7) is 5.79. The van der Waals surface area contributed by atoms with Crippen molar-refractivity contribution in [3.8, 4) is 0 Å². The molecule has 2 aromatic rings. The maximum atomic E-state index is 13.7. The third-order valence-corrected chi connectivity index (χ3v) is 7.88. The Labute approximate surface area is 165 Å². The Balaban J connectivity index is 2.08. The fourth-order valence-corrected chi connectivity index (χ4v) is 6.55. The molecule has 3 rings (SSSR count). The van der Waals surface area contributed by atoms with E-state index < -0.39 is 10.0 Å². The van der Waals surface area contributed by atoms with Crippen molar-refractivity contribution in [3.05, 3.63) is 45.6 Å². The van der Waals surface area contributed by atoms with Crippen LogP contribution < -0.4 is 5.32 Å².